The molecule has 0 aliphatic heterocycles. The predicted octanol–water partition coefficient (Wildman–Crippen LogP) is 12.6. The van der Waals surface area contributed by atoms with E-state index in [9.17, 15) is 14.4 Å². The lowest BCUT2D eigenvalue weighted by atomic mass is 10.1. The Labute approximate surface area is 302 Å². The molecule has 0 heterocycles. The molecule has 0 saturated carbocycles. The molecular formula is C43H76O6. The van der Waals surface area contributed by atoms with Crippen LogP contribution in [0.4, 0.5) is 0 Å². The molecule has 49 heavy (non-hydrogen) atoms. The van der Waals surface area contributed by atoms with Crippen molar-refractivity contribution in [3.63, 3.8) is 0 Å². The van der Waals surface area contributed by atoms with Gasteiger partial charge in [-0.05, 0) is 51.4 Å². The van der Waals surface area contributed by atoms with E-state index in [4.69, 9.17) is 14.2 Å². The highest BCUT2D eigenvalue weighted by atomic mass is 16.6. The Bertz CT molecular complexity index is 845. The summed E-state index contributed by atoms with van der Waals surface area (Å²) >= 11 is 0. The van der Waals surface area contributed by atoms with Crippen molar-refractivity contribution in [3.8, 4) is 0 Å². The maximum absolute atomic E-state index is 12.6. The molecule has 0 aliphatic rings. The molecule has 284 valence electrons. The first kappa shape index (κ1) is 46.6. The number of carbonyl (C=O) groups excluding carboxylic acids is 3. The lowest BCUT2D eigenvalue weighted by Crippen LogP contribution is -2.30. The van der Waals surface area contributed by atoms with Crippen LogP contribution >= 0.6 is 0 Å². The van der Waals surface area contributed by atoms with E-state index in [1.165, 1.54) is 64.2 Å². The SMILES string of the molecule is CC/C=C\C/C=C\C/C=C\CCCCCCCC(=O)OCC(COC(=O)CCCCCCCC)OC(=O)CCCCCCCCCCCC. The van der Waals surface area contributed by atoms with Gasteiger partial charge in [0.25, 0.3) is 0 Å². The van der Waals surface area contributed by atoms with Crippen LogP contribution in [0.5, 0.6) is 0 Å². The van der Waals surface area contributed by atoms with Crippen LogP contribution < -0.4 is 0 Å². The summed E-state index contributed by atoms with van der Waals surface area (Å²) in [6.45, 7) is 6.42. The van der Waals surface area contributed by atoms with E-state index in [2.05, 4.69) is 57.2 Å². The van der Waals surface area contributed by atoms with Gasteiger partial charge < -0.3 is 14.2 Å². The van der Waals surface area contributed by atoms with Crippen molar-refractivity contribution in [2.24, 2.45) is 0 Å². The minimum absolute atomic E-state index is 0.0766. The summed E-state index contributed by atoms with van der Waals surface area (Å²) in [6.07, 6.45) is 41.4. The van der Waals surface area contributed by atoms with E-state index >= 15 is 0 Å². The molecule has 6 nitrogen and oxygen atoms in total. The molecule has 0 N–H and O–H groups in total. The Balaban J connectivity index is 4.31. The third-order valence-electron chi connectivity index (χ3n) is 8.66. The van der Waals surface area contributed by atoms with E-state index in [-0.39, 0.29) is 31.1 Å². The molecule has 0 radical (unpaired) electrons. The molecule has 0 bridgehead atoms. The summed E-state index contributed by atoms with van der Waals surface area (Å²) in [6, 6.07) is 0. The van der Waals surface area contributed by atoms with Crippen LogP contribution in [0, 0.1) is 0 Å². The summed E-state index contributed by atoms with van der Waals surface area (Å²) < 4.78 is 16.5. The lowest BCUT2D eigenvalue weighted by molar-refractivity contribution is -0.167. The average molecular weight is 689 g/mol. The number of hydrogen-bond donors (Lipinski definition) is 0. The van der Waals surface area contributed by atoms with Crippen molar-refractivity contribution in [2.45, 2.75) is 207 Å². The third-order valence-corrected chi connectivity index (χ3v) is 8.66. The smallest absolute Gasteiger partial charge is 0.306 e. The molecule has 0 aromatic rings. The second-order valence-corrected chi connectivity index (χ2v) is 13.5. The zero-order chi connectivity index (χ0) is 35.9. The highest BCUT2D eigenvalue weighted by Crippen LogP contribution is 2.13. The fraction of sp³-hybridized carbons (Fsp3) is 0.791. The molecule has 1 atom stereocenters. The van der Waals surface area contributed by atoms with Gasteiger partial charge in [0.15, 0.2) is 6.10 Å². The maximum Gasteiger partial charge on any atom is 0.306 e. The Morgan fingerprint density at radius 3 is 1.24 bits per heavy atom. The highest BCUT2D eigenvalue weighted by Gasteiger charge is 2.19. The minimum atomic E-state index is -0.769. The van der Waals surface area contributed by atoms with Crippen LogP contribution in [0.25, 0.3) is 0 Å². The van der Waals surface area contributed by atoms with E-state index in [1.807, 2.05) is 0 Å². The molecular weight excluding hydrogens is 612 g/mol. The molecule has 0 aromatic heterocycles. The van der Waals surface area contributed by atoms with Crippen molar-refractivity contribution < 1.29 is 28.6 Å². The average Bonchev–Trinajstić information content (AvgIpc) is 3.10. The van der Waals surface area contributed by atoms with Crippen LogP contribution in [-0.4, -0.2) is 37.2 Å². The molecule has 0 aliphatic carbocycles. The summed E-state index contributed by atoms with van der Waals surface area (Å²) in [5.41, 5.74) is 0. The number of hydrogen-bond acceptors (Lipinski definition) is 6. The molecule has 0 spiro atoms. The molecule has 1 unspecified atom stereocenters. The van der Waals surface area contributed by atoms with Crippen LogP contribution in [-0.2, 0) is 28.6 Å². The normalized spacial score (nSPS) is 12.3. The van der Waals surface area contributed by atoms with Gasteiger partial charge >= 0.3 is 17.9 Å². The van der Waals surface area contributed by atoms with Gasteiger partial charge in [-0.3, -0.25) is 14.4 Å². The first-order valence-electron chi connectivity index (χ1n) is 20.5. The van der Waals surface area contributed by atoms with Crippen molar-refractivity contribution >= 4 is 17.9 Å². The molecule has 0 aromatic carbocycles. The fourth-order valence-electron chi connectivity index (χ4n) is 5.57. The Kier molecular flexibility index (Phi) is 36.6. The van der Waals surface area contributed by atoms with Gasteiger partial charge in [-0.2, -0.15) is 0 Å². The highest BCUT2D eigenvalue weighted by molar-refractivity contribution is 5.71. The van der Waals surface area contributed by atoms with Crippen molar-refractivity contribution in [1.82, 2.24) is 0 Å². The maximum atomic E-state index is 12.6. The van der Waals surface area contributed by atoms with Gasteiger partial charge in [-0.25, -0.2) is 0 Å². The Morgan fingerprint density at radius 2 is 0.796 bits per heavy atom. The van der Waals surface area contributed by atoms with E-state index < -0.39 is 6.10 Å². The van der Waals surface area contributed by atoms with E-state index in [1.54, 1.807) is 0 Å². The molecule has 0 rings (SSSR count). The number of ether oxygens (including phenoxy) is 3. The van der Waals surface area contributed by atoms with Gasteiger partial charge in [0.05, 0.1) is 0 Å². The predicted molar refractivity (Wildman–Crippen MR) is 206 cm³/mol. The van der Waals surface area contributed by atoms with E-state index in [0.29, 0.717) is 19.3 Å². The number of unbranched alkanes of at least 4 members (excludes halogenated alkanes) is 19. The second-order valence-electron chi connectivity index (χ2n) is 13.5. The van der Waals surface area contributed by atoms with Gasteiger partial charge in [0, 0.05) is 19.3 Å². The number of carbonyl (C=O) groups is 3. The summed E-state index contributed by atoms with van der Waals surface area (Å²) in [5.74, 6) is -0.908. The van der Waals surface area contributed by atoms with E-state index in [0.717, 1.165) is 96.3 Å². The molecule has 0 fully saturated rings. The van der Waals surface area contributed by atoms with Gasteiger partial charge in [0.2, 0.25) is 0 Å². The van der Waals surface area contributed by atoms with Gasteiger partial charge in [0.1, 0.15) is 13.2 Å². The monoisotopic (exact) mass is 689 g/mol. The third kappa shape index (κ3) is 36.7. The minimum Gasteiger partial charge on any atom is -0.462 e. The van der Waals surface area contributed by atoms with Crippen LogP contribution in [0.3, 0.4) is 0 Å². The first-order chi connectivity index (χ1) is 24.0. The number of allylic oxidation sites excluding steroid dienone is 6. The second kappa shape index (κ2) is 38.4. The summed E-state index contributed by atoms with van der Waals surface area (Å²) in [4.78, 5) is 37.3. The topological polar surface area (TPSA) is 78.9 Å². The van der Waals surface area contributed by atoms with Crippen molar-refractivity contribution in [2.75, 3.05) is 13.2 Å². The van der Waals surface area contributed by atoms with Gasteiger partial charge in [-0.15, -0.1) is 0 Å². The van der Waals surface area contributed by atoms with Gasteiger partial charge in [-0.1, -0.05) is 166 Å². The molecule has 0 amide bonds. The Hall–Kier alpha value is -2.37. The molecule has 6 heteroatoms. The molecule has 0 saturated heterocycles. The Morgan fingerprint density at radius 1 is 0.429 bits per heavy atom. The standard InChI is InChI=1S/C43H76O6/c1-4-7-10-13-16-18-20-21-22-23-24-26-27-30-33-36-42(45)48-39-40(38-47-41(44)35-32-29-15-12-9-6-3)49-43(46)37-34-31-28-25-19-17-14-11-8-5-2/h7,10,16,18,21-22,40H,4-6,8-9,11-15,17,19-20,23-39H2,1-3H3/b10-7-,18-16-,22-21-. The van der Waals surface area contributed by atoms with Crippen LogP contribution in [0.2, 0.25) is 0 Å². The van der Waals surface area contributed by atoms with Crippen molar-refractivity contribution in [1.29, 1.82) is 0 Å². The number of esters is 3. The fourth-order valence-corrected chi connectivity index (χ4v) is 5.57. The zero-order valence-electron chi connectivity index (χ0n) is 32.2. The van der Waals surface area contributed by atoms with Crippen LogP contribution in [0.15, 0.2) is 36.5 Å². The number of rotatable bonds is 36. The van der Waals surface area contributed by atoms with Crippen molar-refractivity contribution in [3.05, 3.63) is 36.5 Å². The summed E-state index contributed by atoms with van der Waals surface area (Å²) in [5, 5.41) is 0. The largest absolute Gasteiger partial charge is 0.462 e. The zero-order valence-corrected chi connectivity index (χ0v) is 32.2. The quantitative estimate of drug-likeness (QED) is 0.0282. The first-order valence-corrected chi connectivity index (χ1v) is 20.5. The van der Waals surface area contributed by atoms with Crippen LogP contribution in [0.1, 0.15) is 201 Å². The lowest BCUT2D eigenvalue weighted by Gasteiger charge is -2.18. The summed E-state index contributed by atoms with van der Waals surface area (Å²) in [7, 11) is 0.